The SMILES string of the molecule is CC#CCn1c(N2CCC[C@@H](N)C2)nc2cnn(Cc3ccc(C#N)c4ccccc34)c(=O)c21. The Morgan fingerprint density at radius 2 is 2.03 bits per heavy atom. The molecule has 4 aromatic rings. The predicted molar refractivity (Wildman–Crippen MR) is 132 cm³/mol. The maximum Gasteiger partial charge on any atom is 0.293 e. The molecule has 0 unspecified atom stereocenters. The second-order valence-corrected chi connectivity index (χ2v) is 8.54. The van der Waals surface area contributed by atoms with E-state index in [2.05, 4.69) is 27.9 Å². The van der Waals surface area contributed by atoms with Gasteiger partial charge in [0.2, 0.25) is 5.95 Å². The van der Waals surface area contributed by atoms with E-state index < -0.39 is 0 Å². The van der Waals surface area contributed by atoms with Gasteiger partial charge >= 0.3 is 0 Å². The first kappa shape index (κ1) is 21.7. The summed E-state index contributed by atoms with van der Waals surface area (Å²) in [6.45, 7) is 3.98. The lowest BCUT2D eigenvalue weighted by Gasteiger charge is -2.31. The summed E-state index contributed by atoms with van der Waals surface area (Å²) in [6.07, 6.45) is 3.61. The number of hydrogen-bond donors (Lipinski definition) is 1. The number of imidazole rings is 1. The van der Waals surface area contributed by atoms with E-state index >= 15 is 0 Å². The lowest BCUT2D eigenvalue weighted by molar-refractivity contribution is 0.496. The van der Waals surface area contributed by atoms with Crippen LogP contribution in [0.1, 0.15) is 30.9 Å². The van der Waals surface area contributed by atoms with Crippen LogP contribution in [0.4, 0.5) is 5.95 Å². The zero-order valence-electron chi connectivity index (χ0n) is 19.0. The second kappa shape index (κ2) is 9.01. The maximum absolute atomic E-state index is 13.6. The molecule has 0 bridgehead atoms. The van der Waals surface area contributed by atoms with Crippen LogP contribution in [0.2, 0.25) is 0 Å². The molecule has 0 spiro atoms. The molecule has 1 saturated heterocycles. The number of anilines is 1. The van der Waals surface area contributed by atoms with E-state index in [1.54, 1.807) is 19.2 Å². The van der Waals surface area contributed by atoms with Crippen LogP contribution in [0, 0.1) is 23.2 Å². The maximum atomic E-state index is 13.6. The first-order valence-corrected chi connectivity index (χ1v) is 11.4. The quantitative estimate of drug-likeness (QED) is 0.478. The fourth-order valence-corrected chi connectivity index (χ4v) is 4.69. The van der Waals surface area contributed by atoms with Crippen molar-refractivity contribution in [3.63, 3.8) is 0 Å². The van der Waals surface area contributed by atoms with Crippen LogP contribution in [0.5, 0.6) is 0 Å². The number of fused-ring (bicyclic) bond motifs is 2. The molecule has 170 valence electrons. The molecule has 3 heterocycles. The average Bonchev–Trinajstić information content (AvgIpc) is 3.24. The van der Waals surface area contributed by atoms with Crippen LogP contribution < -0.4 is 16.2 Å². The van der Waals surface area contributed by atoms with Crippen molar-refractivity contribution in [3.05, 3.63) is 64.1 Å². The first-order valence-electron chi connectivity index (χ1n) is 11.4. The number of rotatable bonds is 4. The predicted octanol–water partition coefficient (Wildman–Crippen LogP) is 2.62. The lowest BCUT2D eigenvalue weighted by Crippen LogP contribution is -2.44. The third-order valence-corrected chi connectivity index (χ3v) is 6.34. The fraction of sp³-hybridized carbons (Fsp3) is 0.308. The van der Waals surface area contributed by atoms with Crippen molar-refractivity contribution < 1.29 is 0 Å². The number of aromatic nitrogens is 4. The van der Waals surface area contributed by atoms with Gasteiger partial charge in [-0.1, -0.05) is 36.3 Å². The van der Waals surface area contributed by atoms with Gasteiger partial charge in [0.1, 0.15) is 11.0 Å². The standard InChI is InChI=1S/C26H25N7O/c1-2-3-13-32-24-23(30-26(32)31-12-6-7-20(28)17-31)15-29-33(25(24)34)16-19-11-10-18(14-27)21-8-4-5-9-22(19)21/h4-5,8-11,15,20H,6-7,12-13,16-17,28H2,1H3/t20-/m1/s1. The molecule has 0 saturated carbocycles. The third-order valence-electron chi connectivity index (χ3n) is 6.34. The summed E-state index contributed by atoms with van der Waals surface area (Å²) in [4.78, 5) is 20.5. The van der Waals surface area contributed by atoms with E-state index in [-0.39, 0.29) is 18.1 Å². The number of nitrogens with zero attached hydrogens (tertiary/aromatic N) is 6. The minimum Gasteiger partial charge on any atom is -0.341 e. The van der Waals surface area contributed by atoms with Crippen LogP contribution in [0.3, 0.4) is 0 Å². The summed E-state index contributed by atoms with van der Waals surface area (Å²) in [5.74, 6) is 6.72. The first-order chi connectivity index (χ1) is 16.6. The van der Waals surface area contributed by atoms with Crippen LogP contribution in [0.15, 0.2) is 47.4 Å². The number of hydrogen-bond acceptors (Lipinski definition) is 6. The van der Waals surface area contributed by atoms with E-state index in [1.807, 2.05) is 34.9 Å². The Morgan fingerprint density at radius 3 is 2.79 bits per heavy atom. The molecule has 2 aromatic heterocycles. The molecule has 5 rings (SSSR count). The molecule has 8 heteroatoms. The van der Waals surface area contributed by atoms with Crippen LogP contribution in [-0.2, 0) is 13.1 Å². The molecule has 34 heavy (non-hydrogen) atoms. The van der Waals surface area contributed by atoms with Gasteiger partial charge in [-0.2, -0.15) is 10.4 Å². The summed E-state index contributed by atoms with van der Waals surface area (Å²) < 4.78 is 3.35. The zero-order valence-corrected chi connectivity index (χ0v) is 19.0. The Morgan fingerprint density at radius 1 is 1.21 bits per heavy atom. The summed E-state index contributed by atoms with van der Waals surface area (Å²) >= 11 is 0. The van der Waals surface area contributed by atoms with Gasteiger partial charge in [0.05, 0.1) is 30.9 Å². The van der Waals surface area contributed by atoms with Gasteiger partial charge in [-0.15, -0.1) is 5.92 Å². The van der Waals surface area contributed by atoms with Gasteiger partial charge in [-0.05, 0) is 42.2 Å². The van der Waals surface area contributed by atoms with Crippen molar-refractivity contribution in [3.8, 4) is 17.9 Å². The highest BCUT2D eigenvalue weighted by Crippen LogP contribution is 2.25. The monoisotopic (exact) mass is 451 g/mol. The highest BCUT2D eigenvalue weighted by molar-refractivity contribution is 5.90. The van der Waals surface area contributed by atoms with E-state index in [0.29, 0.717) is 35.6 Å². The van der Waals surface area contributed by atoms with Gasteiger partial charge in [0, 0.05) is 19.1 Å². The lowest BCUT2D eigenvalue weighted by atomic mass is 10.00. The van der Waals surface area contributed by atoms with Crippen LogP contribution >= 0.6 is 0 Å². The van der Waals surface area contributed by atoms with Crippen LogP contribution in [0.25, 0.3) is 21.8 Å². The third kappa shape index (κ3) is 3.79. The topological polar surface area (TPSA) is 106 Å². The summed E-state index contributed by atoms with van der Waals surface area (Å²) in [6, 6.07) is 13.7. The fourth-order valence-electron chi connectivity index (χ4n) is 4.69. The number of nitriles is 1. The number of nitrogens with two attached hydrogens (primary N) is 1. The molecule has 2 aromatic carbocycles. The molecule has 0 aliphatic carbocycles. The van der Waals surface area contributed by atoms with Crippen molar-refractivity contribution >= 4 is 27.8 Å². The van der Waals surface area contributed by atoms with Crippen molar-refractivity contribution in [2.75, 3.05) is 18.0 Å². The van der Waals surface area contributed by atoms with Crippen molar-refractivity contribution in [1.82, 2.24) is 19.3 Å². The van der Waals surface area contributed by atoms with E-state index in [0.717, 1.165) is 35.7 Å². The van der Waals surface area contributed by atoms with E-state index in [1.165, 1.54) is 4.68 Å². The molecule has 8 nitrogen and oxygen atoms in total. The van der Waals surface area contributed by atoms with Gasteiger partial charge in [-0.25, -0.2) is 9.67 Å². The van der Waals surface area contributed by atoms with Crippen molar-refractivity contribution in [2.24, 2.45) is 5.73 Å². The zero-order chi connectivity index (χ0) is 23.7. The summed E-state index contributed by atoms with van der Waals surface area (Å²) in [5.41, 5.74) is 8.56. The number of benzene rings is 2. The van der Waals surface area contributed by atoms with Gasteiger partial charge in [0.25, 0.3) is 5.56 Å². The van der Waals surface area contributed by atoms with Gasteiger partial charge < -0.3 is 10.6 Å². The summed E-state index contributed by atoms with van der Waals surface area (Å²) in [5, 5.41) is 15.7. The minimum absolute atomic E-state index is 0.0821. The number of piperidine rings is 1. The molecule has 1 atom stereocenters. The highest BCUT2D eigenvalue weighted by atomic mass is 16.1. The molecule has 1 aliphatic heterocycles. The second-order valence-electron chi connectivity index (χ2n) is 8.54. The van der Waals surface area contributed by atoms with Gasteiger partial charge in [0.15, 0.2) is 0 Å². The van der Waals surface area contributed by atoms with E-state index in [4.69, 9.17) is 10.7 Å². The molecule has 1 aliphatic rings. The molecule has 1 fully saturated rings. The average molecular weight is 452 g/mol. The minimum atomic E-state index is -0.219. The van der Waals surface area contributed by atoms with Crippen molar-refractivity contribution in [1.29, 1.82) is 5.26 Å². The Hall–Kier alpha value is -4.14. The molecule has 0 radical (unpaired) electrons. The molecule has 2 N–H and O–H groups in total. The molecular weight excluding hydrogens is 426 g/mol. The Bertz CT molecular complexity index is 1550. The summed E-state index contributed by atoms with van der Waals surface area (Å²) in [7, 11) is 0. The molecular formula is C26H25N7O. The molecule has 0 amide bonds. The van der Waals surface area contributed by atoms with E-state index in [9.17, 15) is 10.1 Å². The Kier molecular flexibility index (Phi) is 5.75. The largest absolute Gasteiger partial charge is 0.341 e. The van der Waals surface area contributed by atoms with Crippen LogP contribution in [-0.4, -0.2) is 38.5 Å². The van der Waals surface area contributed by atoms with Crippen molar-refractivity contribution in [2.45, 2.75) is 38.9 Å². The smallest absolute Gasteiger partial charge is 0.293 e. The highest BCUT2D eigenvalue weighted by Gasteiger charge is 2.24. The Balaban J connectivity index is 1.62. The normalized spacial score (nSPS) is 15.8. The van der Waals surface area contributed by atoms with Gasteiger partial charge in [-0.3, -0.25) is 9.36 Å². The Labute approximate surface area is 197 Å².